The van der Waals surface area contributed by atoms with Crippen LogP contribution in [0.4, 0.5) is 0 Å². The predicted octanol–water partition coefficient (Wildman–Crippen LogP) is 4.52. The second-order valence-electron chi connectivity index (χ2n) is 7.34. The molecule has 0 fully saturated rings. The van der Waals surface area contributed by atoms with Crippen LogP contribution in [0.5, 0.6) is 0 Å². The van der Waals surface area contributed by atoms with E-state index < -0.39 is 5.60 Å². The molecule has 0 aliphatic heterocycles. The van der Waals surface area contributed by atoms with Crippen LogP contribution in [0.2, 0.25) is 0 Å². The fraction of sp³-hybridized carbons (Fsp3) is 0.950. The molecule has 0 aliphatic rings. The lowest BCUT2D eigenvalue weighted by Crippen LogP contribution is -2.27. The van der Waals surface area contributed by atoms with Crippen molar-refractivity contribution in [1.29, 1.82) is 0 Å². The molecule has 0 unspecified atom stereocenters. The molecule has 25 heavy (non-hydrogen) atoms. The van der Waals surface area contributed by atoms with E-state index in [9.17, 15) is 4.79 Å². The van der Waals surface area contributed by atoms with Crippen LogP contribution in [-0.4, -0.2) is 51.2 Å². The van der Waals surface area contributed by atoms with Crippen molar-refractivity contribution >= 4 is 5.97 Å². The number of hydrogen-bond donors (Lipinski definition) is 0. The van der Waals surface area contributed by atoms with Crippen molar-refractivity contribution in [2.75, 3.05) is 39.6 Å². The van der Waals surface area contributed by atoms with Crippen LogP contribution in [0.15, 0.2) is 0 Å². The van der Waals surface area contributed by atoms with Crippen LogP contribution < -0.4 is 0 Å². The van der Waals surface area contributed by atoms with E-state index in [-0.39, 0.29) is 12.6 Å². The number of hydrogen-bond acceptors (Lipinski definition) is 5. The summed E-state index contributed by atoms with van der Waals surface area (Å²) in [5.41, 5.74) is -0.469. The molecule has 0 radical (unpaired) electrons. The molecule has 0 N–H and O–H groups in total. The standard InChI is InChI=1S/C20H40O5/c1-5-6-7-8-9-10-11-12-13-22-14-15-23-16-17-24-18-19(21)25-20(2,3)4/h5-18H2,1-4H3. The second kappa shape index (κ2) is 16.8. The van der Waals surface area contributed by atoms with Gasteiger partial charge in [0.1, 0.15) is 12.2 Å². The zero-order chi connectivity index (χ0) is 18.8. The van der Waals surface area contributed by atoms with Crippen molar-refractivity contribution in [3.05, 3.63) is 0 Å². The maximum Gasteiger partial charge on any atom is 0.332 e. The molecule has 150 valence electrons. The molecule has 0 spiro atoms. The number of unbranched alkanes of at least 4 members (excludes halogenated alkanes) is 7. The summed E-state index contributed by atoms with van der Waals surface area (Å²) in [7, 11) is 0. The molecule has 0 saturated heterocycles. The minimum Gasteiger partial charge on any atom is -0.458 e. The summed E-state index contributed by atoms with van der Waals surface area (Å²) in [5, 5.41) is 0. The van der Waals surface area contributed by atoms with Gasteiger partial charge in [-0.05, 0) is 27.2 Å². The molecule has 0 atom stereocenters. The number of rotatable bonds is 17. The number of carbonyl (C=O) groups is 1. The maximum atomic E-state index is 11.4. The number of esters is 1. The largest absolute Gasteiger partial charge is 0.458 e. The van der Waals surface area contributed by atoms with Gasteiger partial charge in [-0.1, -0.05) is 51.9 Å². The second-order valence-corrected chi connectivity index (χ2v) is 7.34. The number of carbonyl (C=O) groups excluding carboxylic acids is 1. The van der Waals surface area contributed by atoms with Crippen LogP contribution in [-0.2, 0) is 23.7 Å². The molecule has 0 saturated carbocycles. The molecule has 5 nitrogen and oxygen atoms in total. The van der Waals surface area contributed by atoms with Gasteiger partial charge in [0.05, 0.1) is 26.4 Å². The Hall–Kier alpha value is -0.650. The monoisotopic (exact) mass is 360 g/mol. The van der Waals surface area contributed by atoms with Gasteiger partial charge in [-0.25, -0.2) is 4.79 Å². The van der Waals surface area contributed by atoms with E-state index in [1.54, 1.807) is 0 Å². The number of ether oxygens (including phenoxy) is 4. The molecule has 0 aromatic carbocycles. The lowest BCUT2D eigenvalue weighted by Gasteiger charge is -2.19. The van der Waals surface area contributed by atoms with Gasteiger partial charge in [-0.2, -0.15) is 0 Å². The zero-order valence-electron chi connectivity index (χ0n) is 16.9. The zero-order valence-corrected chi connectivity index (χ0v) is 16.9. The van der Waals surface area contributed by atoms with Gasteiger partial charge < -0.3 is 18.9 Å². The highest BCUT2D eigenvalue weighted by Crippen LogP contribution is 2.08. The van der Waals surface area contributed by atoms with Crippen LogP contribution >= 0.6 is 0 Å². The summed E-state index contributed by atoms with van der Waals surface area (Å²) in [4.78, 5) is 11.4. The highest BCUT2D eigenvalue weighted by Gasteiger charge is 2.15. The van der Waals surface area contributed by atoms with Crippen molar-refractivity contribution in [3.63, 3.8) is 0 Å². The summed E-state index contributed by atoms with van der Waals surface area (Å²) in [5.74, 6) is -0.346. The quantitative estimate of drug-likeness (QED) is 0.282. The lowest BCUT2D eigenvalue weighted by molar-refractivity contribution is -0.160. The first-order valence-electron chi connectivity index (χ1n) is 9.91. The van der Waals surface area contributed by atoms with Gasteiger partial charge >= 0.3 is 5.97 Å². The van der Waals surface area contributed by atoms with Crippen molar-refractivity contribution in [2.45, 2.75) is 84.7 Å². The van der Waals surface area contributed by atoms with Crippen molar-refractivity contribution in [2.24, 2.45) is 0 Å². The molecule has 0 bridgehead atoms. The topological polar surface area (TPSA) is 54.0 Å². The third-order valence-corrected chi connectivity index (χ3v) is 3.53. The van der Waals surface area contributed by atoms with Crippen molar-refractivity contribution in [3.8, 4) is 0 Å². The molecule has 0 aromatic heterocycles. The van der Waals surface area contributed by atoms with Crippen LogP contribution in [0.1, 0.15) is 79.1 Å². The summed E-state index contributed by atoms with van der Waals surface area (Å²) in [6.07, 6.45) is 10.5. The highest BCUT2D eigenvalue weighted by atomic mass is 16.6. The van der Waals surface area contributed by atoms with E-state index in [4.69, 9.17) is 18.9 Å². The molecule has 0 rings (SSSR count). The lowest BCUT2D eigenvalue weighted by atomic mass is 10.1. The van der Waals surface area contributed by atoms with Crippen molar-refractivity contribution < 1.29 is 23.7 Å². The Balaban J connectivity index is 3.13. The SMILES string of the molecule is CCCCCCCCCCOCCOCCOCC(=O)OC(C)(C)C. The Morgan fingerprint density at radius 3 is 1.72 bits per heavy atom. The molecular weight excluding hydrogens is 320 g/mol. The highest BCUT2D eigenvalue weighted by molar-refractivity contribution is 5.71. The Bertz CT molecular complexity index is 299. The van der Waals surface area contributed by atoms with E-state index in [0.29, 0.717) is 26.4 Å². The molecular formula is C20H40O5. The average Bonchev–Trinajstić information content (AvgIpc) is 2.53. The van der Waals surface area contributed by atoms with Crippen LogP contribution in [0, 0.1) is 0 Å². The van der Waals surface area contributed by atoms with Gasteiger partial charge in [0.25, 0.3) is 0 Å². The van der Waals surface area contributed by atoms with E-state index in [1.807, 2.05) is 20.8 Å². The van der Waals surface area contributed by atoms with Gasteiger partial charge in [0, 0.05) is 6.61 Å². The Kier molecular flexibility index (Phi) is 16.4. The summed E-state index contributed by atoms with van der Waals surface area (Å²) < 4.78 is 21.3. The van der Waals surface area contributed by atoms with Crippen molar-refractivity contribution in [1.82, 2.24) is 0 Å². The Morgan fingerprint density at radius 1 is 0.680 bits per heavy atom. The Morgan fingerprint density at radius 2 is 1.16 bits per heavy atom. The predicted molar refractivity (Wildman–Crippen MR) is 101 cm³/mol. The van der Waals surface area contributed by atoms with Gasteiger partial charge in [0.2, 0.25) is 0 Å². The van der Waals surface area contributed by atoms with E-state index in [2.05, 4.69) is 6.92 Å². The third kappa shape index (κ3) is 21.3. The van der Waals surface area contributed by atoms with E-state index in [0.717, 1.165) is 13.0 Å². The minimum atomic E-state index is -0.469. The molecule has 0 aliphatic carbocycles. The molecule has 0 amide bonds. The van der Waals surface area contributed by atoms with Gasteiger partial charge in [0.15, 0.2) is 0 Å². The normalized spacial score (nSPS) is 11.7. The minimum absolute atomic E-state index is 0.0322. The summed E-state index contributed by atoms with van der Waals surface area (Å²) >= 11 is 0. The fourth-order valence-electron chi connectivity index (χ4n) is 2.30. The molecule has 0 heterocycles. The first kappa shape index (κ1) is 24.4. The average molecular weight is 361 g/mol. The molecule has 5 heteroatoms. The van der Waals surface area contributed by atoms with E-state index in [1.165, 1.54) is 44.9 Å². The first-order valence-corrected chi connectivity index (χ1v) is 9.91. The fourth-order valence-corrected chi connectivity index (χ4v) is 2.30. The summed E-state index contributed by atoms with van der Waals surface area (Å²) in [6.45, 7) is 10.6. The van der Waals surface area contributed by atoms with Crippen LogP contribution in [0.25, 0.3) is 0 Å². The molecule has 0 aromatic rings. The summed E-state index contributed by atoms with van der Waals surface area (Å²) in [6, 6.07) is 0. The van der Waals surface area contributed by atoms with E-state index >= 15 is 0 Å². The van der Waals surface area contributed by atoms with Gasteiger partial charge in [-0.3, -0.25) is 0 Å². The first-order chi connectivity index (χ1) is 12.0. The van der Waals surface area contributed by atoms with Gasteiger partial charge in [-0.15, -0.1) is 0 Å². The third-order valence-electron chi connectivity index (χ3n) is 3.53. The Labute approximate surface area is 154 Å². The maximum absolute atomic E-state index is 11.4. The smallest absolute Gasteiger partial charge is 0.332 e. The van der Waals surface area contributed by atoms with Crippen LogP contribution in [0.3, 0.4) is 0 Å².